The number of ether oxygens (including phenoxy) is 1. The number of nitrogens with zero attached hydrogens (tertiary/aromatic N) is 5. The Morgan fingerprint density at radius 3 is 2.52 bits per heavy atom. The first-order valence-corrected chi connectivity index (χ1v) is 6.37. The van der Waals surface area contributed by atoms with E-state index in [1.165, 1.54) is 0 Å². The van der Waals surface area contributed by atoms with Gasteiger partial charge in [0, 0.05) is 25.0 Å². The number of anilines is 1. The van der Waals surface area contributed by atoms with Gasteiger partial charge in [0.15, 0.2) is 5.82 Å². The Hall–Kier alpha value is -2.96. The molecule has 0 aliphatic carbocycles. The summed E-state index contributed by atoms with van der Waals surface area (Å²) in [5.74, 6) is 2.38. The third-order valence-electron chi connectivity index (χ3n) is 2.93. The van der Waals surface area contributed by atoms with E-state index in [-0.39, 0.29) is 0 Å². The lowest BCUT2D eigenvalue weighted by atomic mass is 10.2. The van der Waals surface area contributed by atoms with Crippen molar-refractivity contribution in [3.63, 3.8) is 0 Å². The van der Waals surface area contributed by atoms with Crippen molar-refractivity contribution in [2.75, 3.05) is 19.5 Å². The van der Waals surface area contributed by atoms with E-state index in [9.17, 15) is 0 Å². The molecular weight excluding hydrogens is 268 g/mol. The minimum atomic E-state index is 0.500. The summed E-state index contributed by atoms with van der Waals surface area (Å²) in [5.41, 5.74) is 0.885. The van der Waals surface area contributed by atoms with Gasteiger partial charge < -0.3 is 10.1 Å². The largest absolute Gasteiger partial charge is 0.497 e. The van der Waals surface area contributed by atoms with E-state index in [1.807, 2.05) is 24.3 Å². The number of imidazole rings is 1. The predicted molar refractivity (Wildman–Crippen MR) is 78.5 cm³/mol. The van der Waals surface area contributed by atoms with Gasteiger partial charge in [0.05, 0.1) is 7.11 Å². The van der Waals surface area contributed by atoms with Crippen LogP contribution in [0.4, 0.5) is 5.95 Å². The number of rotatable bonds is 4. The van der Waals surface area contributed by atoms with Gasteiger partial charge in [-0.05, 0) is 24.3 Å². The van der Waals surface area contributed by atoms with Crippen LogP contribution in [0.1, 0.15) is 0 Å². The maximum absolute atomic E-state index is 5.15. The number of aromatic nitrogens is 5. The zero-order chi connectivity index (χ0) is 14.7. The van der Waals surface area contributed by atoms with Gasteiger partial charge in [-0.1, -0.05) is 0 Å². The van der Waals surface area contributed by atoms with E-state index in [4.69, 9.17) is 4.74 Å². The Morgan fingerprint density at radius 2 is 1.90 bits per heavy atom. The lowest BCUT2D eigenvalue weighted by Gasteiger charge is -2.07. The van der Waals surface area contributed by atoms with Crippen molar-refractivity contribution in [3.05, 3.63) is 43.0 Å². The first kappa shape index (κ1) is 13.0. The second kappa shape index (κ2) is 5.58. The fourth-order valence-electron chi connectivity index (χ4n) is 1.84. The van der Waals surface area contributed by atoms with E-state index in [1.54, 1.807) is 37.4 Å². The van der Waals surface area contributed by atoms with Crippen molar-refractivity contribution in [3.8, 4) is 23.1 Å². The summed E-state index contributed by atoms with van der Waals surface area (Å²) < 4.78 is 6.89. The normalized spacial score (nSPS) is 10.4. The SMILES string of the molecule is CNc1nc(-c2ccc(OC)cc2)nc(-n2ccnc2)n1. The molecular formula is C14H14N6O. The van der Waals surface area contributed by atoms with Crippen LogP contribution in [0.2, 0.25) is 0 Å². The summed E-state index contributed by atoms with van der Waals surface area (Å²) >= 11 is 0. The highest BCUT2D eigenvalue weighted by Crippen LogP contribution is 2.20. The molecule has 0 saturated heterocycles. The van der Waals surface area contributed by atoms with Crippen LogP contribution in [0.25, 0.3) is 17.3 Å². The molecule has 7 heteroatoms. The minimum Gasteiger partial charge on any atom is -0.497 e. The van der Waals surface area contributed by atoms with Crippen LogP contribution < -0.4 is 10.1 Å². The zero-order valence-electron chi connectivity index (χ0n) is 11.7. The Bertz CT molecular complexity index is 724. The summed E-state index contributed by atoms with van der Waals surface area (Å²) in [6.45, 7) is 0. The molecule has 21 heavy (non-hydrogen) atoms. The first-order chi connectivity index (χ1) is 10.3. The Morgan fingerprint density at radius 1 is 1.10 bits per heavy atom. The molecule has 0 aliphatic heterocycles. The van der Waals surface area contributed by atoms with Crippen LogP contribution in [0.5, 0.6) is 5.75 Å². The van der Waals surface area contributed by atoms with Gasteiger partial charge in [0.25, 0.3) is 0 Å². The van der Waals surface area contributed by atoms with E-state index in [0.717, 1.165) is 11.3 Å². The van der Waals surface area contributed by atoms with Crippen molar-refractivity contribution >= 4 is 5.95 Å². The van der Waals surface area contributed by atoms with Crippen LogP contribution >= 0.6 is 0 Å². The van der Waals surface area contributed by atoms with Gasteiger partial charge in [0.2, 0.25) is 11.9 Å². The van der Waals surface area contributed by atoms with Gasteiger partial charge in [-0.25, -0.2) is 4.98 Å². The highest BCUT2D eigenvalue weighted by molar-refractivity contribution is 5.58. The van der Waals surface area contributed by atoms with Crippen molar-refractivity contribution in [1.82, 2.24) is 24.5 Å². The molecule has 1 aromatic carbocycles. The molecule has 0 amide bonds. The van der Waals surface area contributed by atoms with Crippen LogP contribution in [-0.4, -0.2) is 38.7 Å². The van der Waals surface area contributed by atoms with Crippen molar-refractivity contribution < 1.29 is 4.74 Å². The van der Waals surface area contributed by atoms with Gasteiger partial charge in [-0.15, -0.1) is 0 Å². The fourth-order valence-corrected chi connectivity index (χ4v) is 1.84. The fraction of sp³-hybridized carbons (Fsp3) is 0.143. The summed E-state index contributed by atoms with van der Waals surface area (Å²) in [4.78, 5) is 17.2. The Balaban J connectivity index is 2.06. The van der Waals surface area contributed by atoms with Crippen LogP contribution in [-0.2, 0) is 0 Å². The van der Waals surface area contributed by atoms with Crippen LogP contribution in [0, 0.1) is 0 Å². The van der Waals surface area contributed by atoms with E-state index in [2.05, 4.69) is 25.3 Å². The van der Waals surface area contributed by atoms with Gasteiger partial charge in [-0.3, -0.25) is 4.57 Å². The molecule has 0 bridgehead atoms. The summed E-state index contributed by atoms with van der Waals surface area (Å²) in [7, 11) is 3.40. The number of hydrogen-bond donors (Lipinski definition) is 1. The first-order valence-electron chi connectivity index (χ1n) is 6.37. The topological polar surface area (TPSA) is 77.8 Å². The Labute approximate surface area is 121 Å². The number of methoxy groups -OCH3 is 1. The molecule has 2 heterocycles. The highest BCUT2D eigenvalue weighted by atomic mass is 16.5. The highest BCUT2D eigenvalue weighted by Gasteiger charge is 2.09. The zero-order valence-corrected chi connectivity index (χ0v) is 11.7. The molecule has 2 aromatic heterocycles. The van der Waals surface area contributed by atoms with Crippen molar-refractivity contribution in [2.45, 2.75) is 0 Å². The molecule has 7 nitrogen and oxygen atoms in total. The average Bonchev–Trinajstić information content (AvgIpc) is 3.09. The summed E-state index contributed by atoms with van der Waals surface area (Å²) in [6, 6.07) is 7.56. The molecule has 0 saturated carbocycles. The second-order valence-corrected chi connectivity index (χ2v) is 4.23. The predicted octanol–water partition coefficient (Wildman–Crippen LogP) is 1.77. The molecule has 3 aromatic rings. The second-order valence-electron chi connectivity index (χ2n) is 4.23. The standard InChI is InChI=1S/C14H14N6O/c1-15-13-17-12(10-3-5-11(21-2)6-4-10)18-14(19-13)20-8-7-16-9-20/h3-9H,1-2H3,(H,15,17,18,19). The Kier molecular flexibility index (Phi) is 3.46. The monoisotopic (exact) mass is 282 g/mol. The third kappa shape index (κ3) is 2.66. The molecule has 106 valence electrons. The lowest BCUT2D eigenvalue weighted by Crippen LogP contribution is -2.06. The van der Waals surface area contributed by atoms with E-state index in [0.29, 0.717) is 17.7 Å². The van der Waals surface area contributed by atoms with Crippen LogP contribution in [0.3, 0.4) is 0 Å². The lowest BCUT2D eigenvalue weighted by molar-refractivity contribution is 0.415. The quantitative estimate of drug-likeness (QED) is 0.786. The van der Waals surface area contributed by atoms with Crippen LogP contribution in [0.15, 0.2) is 43.0 Å². The van der Waals surface area contributed by atoms with Gasteiger partial charge >= 0.3 is 0 Å². The number of benzene rings is 1. The van der Waals surface area contributed by atoms with Gasteiger partial charge in [0.1, 0.15) is 12.1 Å². The molecule has 0 unspecified atom stereocenters. The summed E-state index contributed by atoms with van der Waals surface area (Å²) in [6.07, 6.45) is 5.11. The summed E-state index contributed by atoms with van der Waals surface area (Å²) in [5, 5.41) is 2.94. The molecule has 0 fully saturated rings. The van der Waals surface area contributed by atoms with E-state index >= 15 is 0 Å². The number of hydrogen-bond acceptors (Lipinski definition) is 6. The maximum atomic E-state index is 5.15. The van der Waals surface area contributed by atoms with E-state index < -0.39 is 0 Å². The smallest absolute Gasteiger partial charge is 0.240 e. The molecule has 0 atom stereocenters. The molecule has 0 radical (unpaired) electrons. The van der Waals surface area contributed by atoms with Crippen molar-refractivity contribution in [1.29, 1.82) is 0 Å². The molecule has 3 rings (SSSR count). The molecule has 0 aliphatic rings. The third-order valence-corrected chi connectivity index (χ3v) is 2.93. The molecule has 0 spiro atoms. The average molecular weight is 282 g/mol. The molecule has 1 N–H and O–H groups in total. The van der Waals surface area contributed by atoms with Crippen molar-refractivity contribution in [2.24, 2.45) is 0 Å². The van der Waals surface area contributed by atoms with Gasteiger partial charge in [-0.2, -0.15) is 15.0 Å². The number of nitrogens with one attached hydrogen (secondary N) is 1. The minimum absolute atomic E-state index is 0.500. The maximum Gasteiger partial charge on any atom is 0.240 e.